The van der Waals surface area contributed by atoms with E-state index in [0.717, 1.165) is 0 Å². The van der Waals surface area contributed by atoms with Gasteiger partial charge >= 0.3 is 0 Å². The van der Waals surface area contributed by atoms with E-state index in [9.17, 15) is 0 Å². The van der Waals surface area contributed by atoms with Crippen LogP contribution in [0.25, 0.3) is 0 Å². The minimum atomic E-state index is 0. The molecule has 0 aliphatic rings. The number of rotatable bonds is 0. The molecule has 0 aromatic heterocycles. The summed E-state index contributed by atoms with van der Waals surface area (Å²) in [4.78, 5) is 0. The Hall–Kier alpha value is 3.05. The van der Waals surface area contributed by atoms with Gasteiger partial charge in [0.05, 0.1) is 0 Å². The molecule has 0 atom stereocenters. The van der Waals surface area contributed by atoms with Crippen LogP contribution in [0.3, 0.4) is 0 Å². The molecular formula is AgGaInSn. The molecule has 0 spiro atoms. The zero-order valence-electron chi connectivity index (χ0n) is 1.96. The van der Waals surface area contributed by atoms with Crippen molar-refractivity contribution in [3.63, 3.8) is 0 Å². The second-order valence-electron chi connectivity index (χ2n) is 0. The number of hydrogen-bond donors (Lipinski definition) is 0. The van der Waals surface area contributed by atoms with Crippen molar-refractivity contribution in [1.29, 1.82) is 0 Å². The summed E-state index contributed by atoms with van der Waals surface area (Å²) in [6, 6.07) is 0. The Morgan fingerprint density at radius 2 is 1.00 bits per heavy atom. The van der Waals surface area contributed by atoms with Crippen LogP contribution in [0.5, 0.6) is 0 Å². The minimum absolute atomic E-state index is 0. The van der Waals surface area contributed by atoms with Crippen LogP contribution in [-0.2, 0) is 22.4 Å². The molecule has 0 saturated carbocycles. The van der Waals surface area contributed by atoms with Gasteiger partial charge in [-0.3, -0.25) is 0 Å². The molecule has 0 fully saturated rings. The summed E-state index contributed by atoms with van der Waals surface area (Å²) in [7, 11) is 0. The average molecular weight is 411 g/mol. The standard InChI is InChI=1S/Ag.Ga.In.Sn. The summed E-state index contributed by atoms with van der Waals surface area (Å²) in [5.41, 5.74) is 0. The summed E-state index contributed by atoms with van der Waals surface area (Å²) < 4.78 is 0. The van der Waals surface area contributed by atoms with Crippen LogP contribution in [0.1, 0.15) is 0 Å². The largest absolute Gasteiger partial charge is 0 e. The van der Waals surface area contributed by atoms with Gasteiger partial charge in [-0.2, -0.15) is 0 Å². The van der Waals surface area contributed by atoms with Gasteiger partial charge in [-0.05, 0) is 0 Å². The quantitative estimate of drug-likeness (QED) is 0.443. The first-order valence-corrected chi connectivity index (χ1v) is 0. The molecule has 11 radical (unpaired) electrons. The third-order valence-electron chi connectivity index (χ3n) is 0. The van der Waals surface area contributed by atoms with E-state index < -0.39 is 0 Å². The predicted molar refractivity (Wildman–Crippen MR) is 17.3 cm³/mol. The Balaban J connectivity index is 0. The van der Waals surface area contributed by atoms with Crippen molar-refractivity contribution in [3.05, 3.63) is 0 Å². The predicted octanol–water partition coefficient (Wildman–Crippen LogP) is -1.14. The van der Waals surface area contributed by atoms with Crippen molar-refractivity contribution in [2.24, 2.45) is 0 Å². The summed E-state index contributed by atoms with van der Waals surface area (Å²) >= 11 is 0. The fourth-order valence-electron chi connectivity index (χ4n) is 0. The monoisotopic (exact) mass is 411 g/mol. The fourth-order valence-corrected chi connectivity index (χ4v) is 0. The van der Waals surface area contributed by atoms with Gasteiger partial charge in [0, 0.05) is 91.9 Å². The first-order chi connectivity index (χ1) is 0. The molecule has 0 nitrogen and oxygen atoms in total. The van der Waals surface area contributed by atoms with Gasteiger partial charge in [0.25, 0.3) is 0 Å². The third kappa shape index (κ3) is 8.90. The van der Waals surface area contributed by atoms with Crippen molar-refractivity contribution in [2.45, 2.75) is 0 Å². The Labute approximate surface area is 90.2 Å². The summed E-state index contributed by atoms with van der Waals surface area (Å²) in [5, 5.41) is 0. The Morgan fingerprint density at radius 1 is 1.00 bits per heavy atom. The van der Waals surface area contributed by atoms with Crippen LogP contribution >= 0.6 is 0 Å². The second kappa shape index (κ2) is 16.6. The molecule has 4 heteroatoms. The van der Waals surface area contributed by atoms with Gasteiger partial charge in [0.2, 0.25) is 0 Å². The fraction of sp³-hybridized carbons (Fsp3) is 0. The smallest absolute Gasteiger partial charge is 0 e. The molecule has 0 unspecified atom stereocenters. The van der Waals surface area contributed by atoms with Gasteiger partial charge < -0.3 is 0 Å². The average Bonchev–Trinajstić information content (AvgIpc) is 0. The van der Waals surface area contributed by atoms with Gasteiger partial charge in [0.1, 0.15) is 0 Å². The van der Waals surface area contributed by atoms with Gasteiger partial charge in [0.15, 0.2) is 0 Å². The molecule has 0 amide bonds. The van der Waals surface area contributed by atoms with E-state index in [1.54, 1.807) is 0 Å². The molecule has 0 bridgehead atoms. The van der Waals surface area contributed by atoms with Gasteiger partial charge in [-0.25, -0.2) is 0 Å². The van der Waals surface area contributed by atoms with E-state index in [4.69, 9.17) is 0 Å². The Morgan fingerprint density at radius 3 is 1.00 bits per heavy atom. The molecule has 21 valence electrons. The van der Waals surface area contributed by atoms with Crippen LogP contribution < -0.4 is 0 Å². The minimum Gasteiger partial charge on any atom is 0 e. The summed E-state index contributed by atoms with van der Waals surface area (Å²) in [6.07, 6.45) is 0. The van der Waals surface area contributed by atoms with Crippen LogP contribution in [0, 0.1) is 0 Å². The maximum atomic E-state index is 0. The van der Waals surface area contributed by atoms with Crippen molar-refractivity contribution >= 4 is 69.5 Å². The van der Waals surface area contributed by atoms with E-state index >= 15 is 0 Å². The van der Waals surface area contributed by atoms with E-state index in [2.05, 4.69) is 0 Å². The first kappa shape index (κ1) is 27.8. The normalized spacial score (nSPS) is 0. The Kier molecular flexibility index (Phi) is 115. The third-order valence-corrected chi connectivity index (χ3v) is 0. The number of hydrogen-bond acceptors (Lipinski definition) is 0. The molecule has 0 heterocycles. The molecule has 0 aliphatic carbocycles. The maximum absolute atomic E-state index is 0. The molecule has 0 N–H and O–H groups in total. The van der Waals surface area contributed by atoms with E-state index in [0.29, 0.717) is 0 Å². The van der Waals surface area contributed by atoms with Gasteiger partial charge in [-0.15, -0.1) is 0 Å². The molecule has 4 heavy (non-hydrogen) atoms. The molecule has 0 aromatic rings. The Bertz CT molecular complexity index is 8.00. The van der Waals surface area contributed by atoms with Crippen molar-refractivity contribution < 1.29 is 22.4 Å². The molecule has 0 saturated heterocycles. The zero-order valence-corrected chi connectivity index (χ0v) is 12.0. The summed E-state index contributed by atoms with van der Waals surface area (Å²) in [6.45, 7) is 0. The van der Waals surface area contributed by atoms with Crippen LogP contribution in [-0.4, -0.2) is 69.5 Å². The van der Waals surface area contributed by atoms with E-state index in [-0.39, 0.29) is 91.9 Å². The van der Waals surface area contributed by atoms with E-state index in [1.807, 2.05) is 0 Å². The molecular weight excluding hydrogens is 411 g/mol. The van der Waals surface area contributed by atoms with E-state index in [1.165, 1.54) is 0 Å². The molecule has 0 rings (SSSR count). The van der Waals surface area contributed by atoms with Crippen LogP contribution in [0.2, 0.25) is 0 Å². The van der Waals surface area contributed by atoms with Gasteiger partial charge in [-0.1, -0.05) is 0 Å². The molecule has 0 aliphatic heterocycles. The van der Waals surface area contributed by atoms with Crippen molar-refractivity contribution in [3.8, 4) is 0 Å². The van der Waals surface area contributed by atoms with Crippen LogP contribution in [0.4, 0.5) is 0 Å². The SMILES string of the molecule is [Ag].[Ga].[In].[Sn]. The first-order valence-electron chi connectivity index (χ1n) is 0. The second-order valence-corrected chi connectivity index (χ2v) is 0. The maximum Gasteiger partial charge on any atom is 0 e. The summed E-state index contributed by atoms with van der Waals surface area (Å²) in [5.74, 6) is 0. The van der Waals surface area contributed by atoms with Crippen molar-refractivity contribution in [2.75, 3.05) is 0 Å². The van der Waals surface area contributed by atoms with Crippen LogP contribution in [0.15, 0.2) is 0 Å². The topological polar surface area (TPSA) is 0 Å². The van der Waals surface area contributed by atoms with Crippen molar-refractivity contribution in [1.82, 2.24) is 0 Å². The molecule has 0 aromatic carbocycles. The zero-order chi connectivity index (χ0) is 0.